The van der Waals surface area contributed by atoms with Gasteiger partial charge in [0.25, 0.3) is 5.56 Å². The number of aryl methyl sites for hydroxylation is 1. The van der Waals surface area contributed by atoms with Crippen molar-refractivity contribution in [3.05, 3.63) is 34.2 Å². The van der Waals surface area contributed by atoms with Crippen molar-refractivity contribution in [2.75, 3.05) is 26.7 Å². The van der Waals surface area contributed by atoms with Crippen molar-refractivity contribution in [1.82, 2.24) is 15.2 Å². The molecule has 1 aliphatic carbocycles. The van der Waals surface area contributed by atoms with Gasteiger partial charge < -0.3 is 19.9 Å². The van der Waals surface area contributed by atoms with Gasteiger partial charge in [0, 0.05) is 38.4 Å². The Bertz CT molecular complexity index is 625. The monoisotopic (exact) mass is 504 g/mol. The molecule has 0 saturated heterocycles. The fraction of sp³-hybridized carbons (Fsp3) is 0.714. The van der Waals surface area contributed by atoms with Crippen molar-refractivity contribution in [3.8, 4) is 0 Å². The summed E-state index contributed by atoms with van der Waals surface area (Å²) in [5.41, 5.74) is 1.09. The maximum absolute atomic E-state index is 11.8. The fourth-order valence-electron chi connectivity index (χ4n) is 3.54. The molecule has 1 aromatic heterocycles. The molecule has 0 radical (unpaired) electrons. The van der Waals surface area contributed by atoms with Gasteiger partial charge in [-0.05, 0) is 38.7 Å². The minimum atomic E-state index is 0. The van der Waals surface area contributed by atoms with E-state index in [4.69, 9.17) is 4.74 Å². The van der Waals surface area contributed by atoms with E-state index in [0.29, 0.717) is 6.10 Å². The highest BCUT2D eigenvalue weighted by molar-refractivity contribution is 14.0. The van der Waals surface area contributed by atoms with E-state index in [1.165, 1.54) is 38.5 Å². The number of pyridine rings is 1. The van der Waals surface area contributed by atoms with Crippen molar-refractivity contribution in [2.45, 2.75) is 70.9 Å². The van der Waals surface area contributed by atoms with Gasteiger partial charge in [-0.1, -0.05) is 31.7 Å². The van der Waals surface area contributed by atoms with Crippen LogP contribution < -0.4 is 16.2 Å². The Balaban J connectivity index is 0.00000392. The number of nitrogens with one attached hydrogen (secondary N) is 2. The Hall–Kier alpha value is -1.09. The lowest BCUT2D eigenvalue weighted by Gasteiger charge is -2.17. The van der Waals surface area contributed by atoms with Gasteiger partial charge in [-0.2, -0.15) is 0 Å². The molecule has 7 heteroatoms. The van der Waals surface area contributed by atoms with E-state index < -0.39 is 0 Å². The molecular formula is C21H37IN4O2. The molecule has 0 spiro atoms. The van der Waals surface area contributed by atoms with E-state index in [1.807, 2.05) is 23.6 Å². The number of ether oxygens (including phenoxy) is 1. The smallest absolute Gasteiger partial charge is 0.250 e. The highest BCUT2D eigenvalue weighted by atomic mass is 127. The van der Waals surface area contributed by atoms with E-state index in [0.717, 1.165) is 50.7 Å². The Kier molecular flexibility index (Phi) is 13.2. The molecule has 6 nitrogen and oxygen atoms in total. The number of hydrogen-bond acceptors (Lipinski definition) is 3. The number of guanidine groups is 1. The topological polar surface area (TPSA) is 67.7 Å². The minimum Gasteiger partial charge on any atom is -0.376 e. The second kappa shape index (κ2) is 14.8. The number of rotatable bonds is 9. The lowest BCUT2D eigenvalue weighted by Crippen LogP contribution is -2.39. The first kappa shape index (κ1) is 24.9. The second-order valence-electron chi connectivity index (χ2n) is 7.27. The zero-order valence-corrected chi connectivity index (χ0v) is 19.7. The van der Waals surface area contributed by atoms with Gasteiger partial charge in [0.05, 0.1) is 12.7 Å². The van der Waals surface area contributed by atoms with E-state index >= 15 is 0 Å². The van der Waals surface area contributed by atoms with Crippen LogP contribution in [0, 0.1) is 6.92 Å². The number of nitrogens with zero attached hydrogens (tertiary/aromatic N) is 2. The molecular weight excluding hydrogens is 467 g/mol. The van der Waals surface area contributed by atoms with Crippen LogP contribution in [0.4, 0.5) is 0 Å². The lowest BCUT2D eigenvalue weighted by atomic mass is 10.1. The predicted molar refractivity (Wildman–Crippen MR) is 127 cm³/mol. The van der Waals surface area contributed by atoms with Crippen LogP contribution in [0.1, 0.15) is 57.1 Å². The zero-order chi connectivity index (χ0) is 19.3. The number of hydrogen-bond donors (Lipinski definition) is 2. The van der Waals surface area contributed by atoms with Gasteiger partial charge in [-0.25, -0.2) is 0 Å². The first-order valence-electron chi connectivity index (χ1n) is 10.4. The van der Waals surface area contributed by atoms with Crippen LogP contribution in [0.3, 0.4) is 0 Å². The molecule has 1 aromatic rings. The van der Waals surface area contributed by atoms with Crippen molar-refractivity contribution in [2.24, 2.45) is 4.99 Å². The number of aliphatic imine (C=N–C) groups is 1. The van der Waals surface area contributed by atoms with Crippen LogP contribution in [0.5, 0.6) is 0 Å². The Morgan fingerprint density at radius 2 is 1.86 bits per heavy atom. The molecule has 0 unspecified atom stereocenters. The van der Waals surface area contributed by atoms with Crippen LogP contribution >= 0.6 is 24.0 Å². The molecule has 1 saturated carbocycles. The molecule has 0 aliphatic heterocycles. The molecule has 1 aliphatic rings. The van der Waals surface area contributed by atoms with E-state index in [2.05, 4.69) is 15.6 Å². The van der Waals surface area contributed by atoms with Crippen LogP contribution in [0.2, 0.25) is 0 Å². The largest absolute Gasteiger partial charge is 0.376 e. The third kappa shape index (κ3) is 9.41. The first-order chi connectivity index (χ1) is 13.2. The summed E-state index contributed by atoms with van der Waals surface area (Å²) in [7, 11) is 1.79. The van der Waals surface area contributed by atoms with Crippen LogP contribution in [-0.4, -0.2) is 43.4 Å². The third-order valence-electron chi connectivity index (χ3n) is 5.14. The Labute approximate surface area is 186 Å². The van der Waals surface area contributed by atoms with Gasteiger partial charge >= 0.3 is 0 Å². The third-order valence-corrected chi connectivity index (χ3v) is 5.14. The van der Waals surface area contributed by atoms with E-state index in [-0.39, 0.29) is 29.5 Å². The second-order valence-corrected chi connectivity index (χ2v) is 7.27. The van der Waals surface area contributed by atoms with E-state index in [1.54, 1.807) is 13.1 Å². The van der Waals surface area contributed by atoms with Crippen molar-refractivity contribution in [3.63, 3.8) is 0 Å². The summed E-state index contributed by atoms with van der Waals surface area (Å²) in [5, 5.41) is 6.64. The van der Waals surface area contributed by atoms with Crippen LogP contribution in [0.15, 0.2) is 28.0 Å². The number of aromatic nitrogens is 1. The fourth-order valence-corrected chi connectivity index (χ4v) is 3.54. The van der Waals surface area contributed by atoms with Crippen molar-refractivity contribution < 1.29 is 4.74 Å². The van der Waals surface area contributed by atoms with Gasteiger partial charge in [0.2, 0.25) is 0 Å². The Morgan fingerprint density at radius 1 is 1.14 bits per heavy atom. The normalized spacial score (nSPS) is 15.6. The summed E-state index contributed by atoms with van der Waals surface area (Å²) in [6.45, 7) is 5.07. The van der Waals surface area contributed by atoms with E-state index in [9.17, 15) is 4.79 Å². The SMILES string of the molecule is CN=C(NCCCCn1c(C)cccc1=O)NCCOC1CCCCCC1.I. The van der Waals surface area contributed by atoms with Crippen molar-refractivity contribution >= 4 is 29.9 Å². The maximum Gasteiger partial charge on any atom is 0.250 e. The molecule has 160 valence electrons. The van der Waals surface area contributed by atoms with Crippen LogP contribution in [0.25, 0.3) is 0 Å². The highest BCUT2D eigenvalue weighted by Crippen LogP contribution is 2.19. The van der Waals surface area contributed by atoms with Gasteiger partial charge in [-0.15, -0.1) is 24.0 Å². The lowest BCUT2D eigenvalue weighted by molar-refractivity contribution is 0.0468. The first-order valence-corrected chi connectivity index (χ1v) is 10.4. The van der Waals surface area contributed by atoms with Gasteiger partial charge in [-0.3, -0.25) is 9.79 Å². The number of unbranched alkanes of at least 4 members (excludes halogenated alkanes) is 1. The summed E-state index contributed by atoms with van der Waals surface area (Å²) in [5.74, 6) is 0.813. The quantitative estimate of drug-likeness (QED) is 0.178. The van der Waals surface area contributed by atoms with Gasteiger partial charge in [0.1, 0.15) is 0 Å². The molecule has 28 heavy (non-hydrogen) atoms. The molecule has 0 amide bonds. The average molecular weight is 504 g/mol. The number of halogens is 1. The summed E-state index contributed by atoms with van der Waals surface area (Å²) in [4.78, 5) is 16.1. The standard InChI is InChI=1S/C21H36N4O2.HI/c1-18-10-9-13-20(26)25(18)16-8-7-14-23-21(22-2)24-15-17-27-19-11-5-3-4-6-12-19;/h9-10,13,19H,3-8,11-12,14-17H2,1-2H3,(H2,22,23,24);1H. The summed E-state index contributed by atoms with van der Waals surface area (Å²) < 4.78 is 7.83. The molecule has 1 fully saturated rings. The summed E-state index contributed by atoms with van der Waals surface area (Å²) >= 11 is 0. The van der Waals surface area contributed by atoms with Crippen LogP contribution in [-0.2, 0) is 11.3 Å². The maximum atomic E-state index is 11.8. The van der Waals surface area contributed by atoms with Gasteiger partial charge in [0.15, 0.2) is 5.96 Å². The summed E-state index contributed by atoms with van der Waals surface area (Å²) in [6, 6.07) is 5.40. The molecule has 0 aromatic carbocycles. The predicted octanol–water partition coefficient (Wildman–Crippen LogP) is 3.46. The highest BCUT2D eigenvalue weighted by Gasteiger charge is 2.12. The molecule has 0 atom stereocenters. The molecule has 0 bridgehead atoms. The summed E-state index contributed by atoms with van der Waals surface area (Å²) in [6.07, 6.45) is 10.1. The Morgan fingerprint density at radius 3 is 2.54 bits per heavy atom. The molecule has 1 heterocycles. The minimum absolute atomic E-state index is 0. The van der Waals surface area contributed by atoms with Crippen molar-refractivity contribution in [1.29, 1.82) is 0 Å². The molecule has 2 N–H and O–H groups in total. The molecule has 2 rings (SSSR count). The average Bonchev–Trinajstić information content (AvgIpc) is 2.94. The zero-order valence-electron chi connectivity index (χ0n) is 17.4.